The molecule has 46 heavy (non-hydrogen) atoms. The van der Waals surface area contributed by atoms with Crippen LogP contribution in [0.3, 0.4) is 0 Å². The van der Waals surface area contributed by atoms with Crippen LogP contribution in [0.4, 0.5) is 17.6 Å². The highest BCUT2D eigenvalue weighted by Crippen LogP contribution is 2.46. The van der Waals surface area contributed by atoms with E-state index in [1.54, 1.807) is 36.4 Å². The van der Waals surface area contributed by atoms with Gasteiger partial charge < -0.3 is 15.0 Å². The van der Waals surface area contributed by atoms with E-state index in [-0.39, 0.29) is 23.8 Å². The summed E-state index contributed by atoms with van der Waals surface area (Å²) in [5.74, 6) is -1.45. The summed E-state index contributed by atoms with van der Waals surface area (Å²) < 4.78 is 82.5. The van der Waals surface area contributed by atoms with Crippen molar-refractivity contribution in [1.29, 1.82) is 0 Å². The highest BCUT2D eigenvalue weighted by Gasteiger charge is 2.58. The molecule has 0 aliphatic rings. The van der Waals surface area contributed by atoms with Crippen LogP contribution < -0.4 is 5.32 Å². The first-order valence-electron chi connectivity index (χ1n) is 13.2. The van der Waals surface area contributed by atoms with Gasteiger partial charge in [0.25, 0.3) is 5.91 Å². The number of hydrogen-bond donors (Lipinski definition) is 2. The maximum absolute atomic E-state index is 15.9. The minimum atomic E-state index is -4.21. The third-order valence-electron chi connectivity index (χ3n) is 6.68. The zero-order valence-corrected chi connectivity index (χ0v) is 25.0. The molecule has 16 heteroatoms. The fourth-order valence-corrected chi connectivity index (χ4v) is 5.59. The molecule has 236 valence electrons. The molecular weight excluding hydrogens is 648 g/mol. The number of aliphatic hydroxyl groups is 1. The Hall–Kier alpha value is -4.82. The highest BCUT2D eigenvalue weighted by atomic mass is 32.2. The van der Waals surface area contributed by atoms with Crippen LogP contribution in [0.5, 0.6) is 0 Å². The molecule has 1 amide bonds. The van der Waals surface area contributed by atoms with E-state index in [1.165, 1.54) is 6.07 Å². The minimum Gasteiger partial charge on any atom is -0.772 e. The molecule has 2 aromatic carbocycles. The number of hydrogen-bond acceptors (Lipinski definition) is 9. The van der Waals surface area contributed by atoms with Gasteiger partial charge in [-0.1, -0.05) is 47.2 Å². The predicted molar refractivity (Wildman–Crippen MR) is 157 cm³/mol. The first kappa shape index (κ1) is 32.6. The van der Waals surface area contributed by atoms with E-state index in [4.69, 9.17) is 0 Å². The largest absolute Gasteiger partial charge is 0.772 e. The molecular formula is C30H21F4N6O4S2-. The number of carbonyl (C=O) groups is 1. The number of tetrazole rings is 1. The Labute approximate surface area is 265 Å². The summed E-state index contributed by atoms with van der Waals surface area (Å²) in [5.41, 5.74) is -3.42. The number of carbonyl (C=O) groups excluding carboxylic acids is 1. The summed E-state index contributed by atoms with van der Waals surface area (Å²) in [4.78, 5) is 17.3. The van der Waals surface area contributed by atoms with Gasteiger partial charge in [-0.3, -0.25) is 14.0 Å². The van der Waals surface area contributed by atoms with Crippen LogP contribution in [0.25, 0.3) is 0 Å². The number of nitrogens with one attached hydrogen (secondary N) is 1. The van der Waals surface area contributed by atoms with Crippen LogP contribution in [0, 0.1) is 23.5 Å². The monoisotopic (exact) mass is 669 g/mol. The lowest BCUT2D eigenvalue weighted by Crippen LogP contribution is -2.48. The van der Waals surface area contributed by atoms with Crippen LogP contribution >= 0.6 is 11.3 Å². The van der Waals surface area contributed by atoms with Gasteiger partial charge in [-0.2, -0.15) is 8.78 Å². The summed E-state index contributed by atoms with van der Waals surface area (Å²) in [6.45, 7) is -0.759. The zero-order chi connectivity index (χ0) is 32.9. The highest BCUT2D eigenvalue weighted by molar-refractivity contribution is 7.78. The van der Waals surface area contributed by atoms with E-state index in [1.807, 2.05) is 0 Å². The fraction of sp³-hybridized carbons (Fsp3) is 0.167. The molecule has 0 fully saturated rings. The molecule has 0 saturated heterocycles. The topological polar surface area (TPSA) is 146 Å². The van der Waals surface area contributed by atoms with E-state index in [0.29, 0.717) is 21.4 Å². The van der Waals surface area contributed by atoms with Crippen molar-refractivity contribution in [3.8, 4) is 11.8 Å². The number of pyridine rings is 1. The number of nitrogens with zero attached hydrogens (tertiary/aromatic N) is 5. The van der Waals surface area contributed by atoms with E-state index in [0.717, 1.165) is 52.3 Å². The van der Waals surface area contributed by atoms with Gasteiger partial charge in [0.15, 0.2) is 5.60 Å². The third-order valence-corrected chi connectivity index (χ3v) is 8.25. The Bertz CT molecular complexity index is 1930. The minimum absolute atomic E-state index is 0.0938. The number of thiophene rings is 1. The van der Waals surface area contributed by atoms with Gasteiger partial charge in [-0.25, -0.2) is 13.5 Å². The number of rotatable bonds is 10. The Morgan fingerprint density at radius 1 is 1.04 bits per heavy atom. The molecule has 5 aromatic rings. The standard InChI is InChI=1S/C30H22F4N6O4S2/c31-22-7-10-24(25(32)13-22)29(42,17-40-18-37-38-39-40)30(33,34)27-12-6-20(14-35-27)5-8-23-9-11-26(45-23)28(41)36-15-19-1-3-21(4-2-19)16-46(43)44/h1-4,6-7,9-14,18,42H,15-17H2,(H,36,41)(H,43,44)/p-1. The molecule has 0 spiro atoms. The Morgan fingerprint density at radius 3 is 2.46 bits per heavy atom. The first-order chi connectivity index (χ1) is 21.9. The number of benzene rings is 2. The van der Waals surface area contributed by atoms with Crippen LogP contribution in [0.15, 0.2) is 79.3 Å². The zero-order valence-electron chi connectivity index (χ0n) is 23.4. The van der Waals surface area contributed by atoms with Crippen molar-refractivity contribution in [2.45, 2.75) is 30.4 Å². The number of alkyl halides is 2. The lowest BCUT2D eigenvalue weighted by molar-refractivity contribution is -0.207. The van der Waals surface area contributed by atoms with Crippen molar-refractivity contribution in [3.05, 3.63) is 129 Å². The average Bonchev–Trinajstić information content (AvgIpc) is 3.72. The molecule has 2 N–H and O–H groups in total. The van der Waals surface area contributed by atoms with Crippen LogP contribution in [-0.4, -0.2) is 45.0 Å². The van der Waals surface area contributed by atoms with Crippen molar-refractivity contribution < 1.29 is 36.2 Å². The Balaban J connectivity index is 1.28. The van der Waals surface area contributed by atoms with Crippen molar-refractivity contribution >= 4 is 28.3 Å². The molecule has 0 aliphatic heterocycles. The van der Waals surface area contributed by atoms with Crippen molar-refractivity contribution in [1.82, 2.24) is 30.5 Å². The van der Waals surface area contributed by atoms with Gasteiger partial charge >= 0.3 is 5.92 Å². The smallest absolute Gasteiger partial charge is 0.323 e. The fourth-order valence-electron chi connectivity index (χ4n) is 4.35. The second kappa shape index (κ2) is 13.7. The maximum Gasteiger partial charge on any atom is 0.323 e. The van der Waals surface area contributed by atoms with E-state index in [9.17, 15) is 27.4 Å². The second-order valence-electron chi connectivity index (χ2n) is 9.86. The van der Waals surface area contributed by atoms with Crippen molar-refractivity contribution in [3.63, 3.8) is 0 Å². The van der Waals surface area contributed by atoms with Gasteiger partial charge in [-0.05, 0) is 58.0 Å². The number of halogens is 4. The summed E-state index contributed by atoms with van der Waals surface area (Å²) >= 11 is -1.08. The lowest BCUT2D eigenvalue weighted by atomic mass is 9.84. The third kappa shape index (κ3) is 7.35. The molecule has 0 aliphatic carbocycles. The van der Waals surface area contributed by atoms with Gasteiger partial charge in [0.1, 0.15) is 23.7 Å². The molecule has 0 radical (unpaired) electrons. The van der Waals surface area contributed by atoms with E-state index in [2.05, 4.69) is 37.7 Å². The molecule has 5 rings (SSSR count). The molecule has 0 bridgehead atoms. The second-order valence-corrected chi connectivity index (χ2v) is 11.8. The van der Waals surface area contributed by atoms with Crippen LogP contribution in [0.2, 0.25) is 0 Å². The van der Waals surface area contributed by atoms with E-state index >= 15 is 8.78 Å². The first-order valence-corrected chi connectivity index (χ1v) is 15.3. The number of aromatic nitrogens is 5. The molecule has 0 saturated carbocycles. The van der Waals surface area contributed by atoms with Gasteiger partial charge in [0, 0.05) is 35.7 Å². The Kier molecular flexibility index (Phi) is 9.68. The molecule has 3 heterocycles. The van der Waals surface area contributed by atoms with Gasteiger partial charge in [-0.15, -0.1) is 16.4 Å². The summed E-state index contributed by atoms with van der Waals surface area (Å²) in [6.07, 6.45) is 2.01. The normalized spacial score (nSPS) is 13.3. The van der Waals surface area contributed by atoms with Crippen molar-refractivity contribution in [2.75, 3.05) is 0 Å². The Morgan fingerprint density at radius 2 is 1.80 bits per heavy atom. The summed E-state index contributed by atoms with van der Waals surface area (Å²) in [7, 11) is 0. The van der Waals surface area contributed by atoms with Gasteiger partial charge in [0.2, 0.25) is 0 Å². The maximum atomic E-state index is 15.9. The lowest BCUT2D eigenvalue weighted by Gasteiger charge is -2.35. The van der Waals surface area contributed by atoms with E-state index < -0.39 is 52.0 Å². The van der Waals surface area contributed by atoms with Crippen LogP contribution in [0.1, 0.15) is 42.5 Å². The SMILES string of the molecule is O=C(NCc1ccc(CS(=O)[O-])cc1)c1ccc(C#Cc2ccc(C(F)(F)C(O)(Cn3cnnn3)c3ccc(F)cc3F)nc2)s1. The summed E-state index contributed by atoms with van der Waals surface area (Å²) in [6, 6.07) is 14.0. The summed E-state index contributed by atoms with van der Waals surface area (Å²) in [5, 5.41) is 24.2. The van der Waals surface area contributed by atoms with Gasteiger partial charge in [0.05, 0.1) is 16.3 Å². The van der Waals surface area contributed by atoms with Crippen molar-refractivity contribution in [2.24, 2.45) is 0 Å². The molecule has 2 unspecified atom stereocenters. The number of amides is 1. The van der Waals surface area contributed by atoms with Crippen LogP contribution in [-0.2, 0) is 41.4 Å². The molecule has 10 nitrogen and oxygen atoms in total. The predicted octanol–water partition coefficient (Wildman–Crippen LogP) is 3.80. The molecule has 2 atom stereocenters. The average molecular weight is 670 g/mol. The quantitative estimate of drug-likeness (QED) is 0.130. The molecule has 3 aromatic heterocycles.